The second-order valence-corrected chi connectivity index (χ2v) is 6.45. The van der Waals surface area contributed by atoms with Crippen LogP contribution in [0.3, 0.4) is 0 Å². The molecule has 0 radical (unpaired) electrons. The van der Waals surface area contributed by atoms with Gasteiger partial charge >= 0.3 is 0 Å². The number of halogens is 1. The summed E-state index contributed by atoms with van der Waals surface area (Å²) in [5.74, 6) is 0.167. The number of carbonyl (C=O) groups is 1. The Morgan fingerprint density at radius 3 is 2.90 bits per heavy atom. The number of benzene rings is 1. The monoisotopic (exact) mass is 309 g/mol. The van der Waals surface area contributed by atoms with Crippen molar-refractivity contribution >= 4 is 23.2 Å². The Bertz CT molecular complexity index is 504. The molecule has 1 unspecified atom stereocenters. The zero-order valence-corrected chi connectivity index (χ0v) is 13.5. The third-order valence-corrected chi connectivity index (χ3v) is 4.23. The number of hydrogen-bond donors (Lipinski definition) is 2. The van der Waals surface area contributed by atoms with Crippen molar-refractivity contribution < 1.29 is 4.79 Å². The van der Waals surface area contributed by atoms with Crippen molar-refractivity contribution in [3.8, 4) is 0 Å². The van der Waals surface area contributed by atoms with Crippen LogP contribution in [0.4, 0.5) is 5.69 Å². The maximum atomic E-state index is 11.2. The fourth-order valence-corrected chi connectivity index (χ4v) is 3.04. The number of carbonyl (C=O) groups excluding carboxylic acids is 1. The van der Waals surface area contributed by atoms with E-state index in [-0.39, 0.29) is 0 Å². The lowest BCUT2D eigenvalue weighted by Crippen LogP contribution is -2.41. The molecule has 5 heteroatoms. The van der Waals surface area contributed by atoms with Crippen LogP contribution in [0.2, 0.25) is 5.02 Å². The van der Waals surface area contributed by atoms with Gasteiger partial charge in [-0.05, 0) is 43.5 Å². The van der Waals surface area contributed by atoms with Crippen molar-refractivity contribution in [3.05, 3.63) is 28.8 Å². The van der Waals surface area contributed by atoms with Crippen molar-refractivity contribution in [1.82, 2.24) is 5.32 Å². The second kappa shape index (κ2) is 7.14. The second-order valence-electron chi connectivity index (χ2n) is 6.05. The minimum Gasteiger partial charge on any atom is -0.371 e. The summed E-state index contributed by atoms with van der Waals surface area (Å²) in [5.41, 5.74) is 6.74. The van der Waals surface area contributed by atoms with E-state index in [4.69, 9.17) is 17.3 Å². The van der Waals surface area contributed by atoms with Gasteiger partial charge in [-0.25, -0.2) is 0 Å². The third kappa shape index (κ3) is 4.35. The van der Waals surface area contributed by atoms with Crippen LogP contribution >= 0.6 is 11.6 Å². The Morgan fingerprint density at radius 1 is 1.52 bits per heavy atom. The van der Waals surface area contributed by atoms with Gasteiger partial charge in [-0.3, -0.25) is 4.79 Å². The molecule has 2 rings (SSSR count). The first-order valence-electron chi connectivity index (χ1n) is 7.55. The SMILES string of the molecule is CC(C)NCC1CCCN(c2ccc(C(N)=O)c(Cl)c2)C1. The number of rotatable bonds is 5. The number of hydrogen-bond acceptors (Lipinski definition) is 3. The first-order valence-corrected chi connectivity index (χ1v) is 7.93. The minimum absolute atomic E-state index is 0.385. The quantitative estimate of drug-likeness (QED) is 0.879. The largest absolute Gasteiger partial charge is 0.371 e. The van der Waals surface area contributed by atoms with Crippen molar-refractivity contribution in [1.29, 1.82) is 0 Å². The lowest BCUT2D eigenvalue weighted by Gasteiger charge is -2.35. The predicted molar refractivity (Wildman–Crippen MR) is 88.0 cm³/mol. The van der Waals surface area contributed by atoms with Gasteiger partial charge in [0.15, 0.2) is 0 Å². The third-order valence-electron chi connectivity index (χ3n) is 3.92. The Balaban J connectivity index is 2.04. The molecule has 116 valence electrons. The fourth-order valence-electron chi connectivity index (χ4n) is 2.77. The number of nitrogens with zero attached hydrogens (tertiary/aromatic N) is 1. The molecule has 1 amide bonds. The molecule has 1 aliphatic heterocycles. The summed E-state index contributed by atoms with van der Waals surface area (Å²) in [6.45, 7) is 7.43. The highest BCUT2D eigenvalue weighted by molar-refractivity contribution is 6.34. The van der Waals surface area contributed by atoms with Crippen LogP contribution in [0.5, 0.6) is 0 Å². The Hall–Kier alpha value is -1.26. The summed E-state index contributed by atoms with van der Waals surface area (Å²) in [4.78, 5) is 13.6. The van der Waals surface area contributed by atoms with Crippen LogP contribution in [0.1, 0.15) is 37.0 Å². The lowest BCUT2D eigenvalue weighted by molar-refractivity contribution is 0.100. The average Bonchev–Trinajstić information content (AvgIpc) is 2.45. The van der Waals surface area contributed by atoms with Crippen molar-refractivity contribution in [2.24, 2.45) is 11.7 Å². The minimum atomic E-state index is -0.482. The van der Waals surface area contributed by atoms with Crippen LogP contribution in [-0.4, -0.2) is 31.6 Å². The maximum Gasteiger partial charge on any atom is 0.250 e. The number of amides is 1. The van der Waals surface area contributed by atoms with E-state index in [2.05, 4.69) is 24.1 Å². The van der Waals surface area contributed by atoms with Gasteiger partial charge in [0.2, 0.25) is 5.91 Å². The average molecular weight is 310 g/mol. The van der Waals surface area contributed by atoms with Crippen LogP contribution in [0.25, 0.3) is 0 Å². The Labute approximate surface area is 131 Å². The zero-order valence-electron chi connectivity index (χ0n) is 12.7. The molecule has 0 aromatic heterocycles. The highest BCUT2D eigenvalue weighted by Gasteiger charge is 2.21. The van der Waals surface area contributed by atoms with E-state index in [1.807, 2.05) is 12.1 Å². The molecule has 1 aromatic rings. The molecular weight excluding hydrogens is 286 g/mol. The molecule has 0 aliphatic carbocycles. The fraction of sp³-hybridized carbons (Fsp3) is 0.562. The van der Waals surface area contributed by atoms with E-state index >= 15 is 0 Å². The van der Waals surface area contributed by atoms with E-state index < -0.39 is 5.91 Å². The summed E-state index contributed by atoms with van der Waals surface area (Å²) in [5, 5.41) is 3.94. The number of nitrogens with two attached hydrogens (primary N) is 1. The van der Waals surface area contributed by atoms with Crippen LogP contribution in [-0.2, 0) is 0 Å². The zero-order chi connectivity index (χ0) is 15.4. The van der Waals surface area contributed by atoms with Crippen LogP contribution < -0.4 is 16.0 Å². The Kier molecular flexibility index (Phi) is 5.48. The molecule has 4 nitrogen and oxygen atoms in total. The van der Waals surface area contributed by atoms with Crippen molar-refractivity contribution in [2.75, 3.05) is 24.5 Å². The van der Waals surface area contributed by atoms with Gasteiger partial charge in [-0.1, -0.05) is 25.4 Å². The first kappa shape index (κ1) is 16.1. The van der Waals surface area contributed by atoms with Gasteiger partial charge in [0.1, 0.15) is 0 Å². The molecule has 0 bridgehead atoms. The molecule has 1 fully saturated rings. The van der Waals surface area contributed by atoms with Gasteiger partial charge in [0, 0.05) is 24.8 Å². The molecule has 1 aliphatic rings. The van der Waals surface area contributed by atoms with Gasteiger partial charge in [-0.2, -0.15) is 0 Å². The normalized spacial score (nSPS) is 19.0. The van der Waals surface area contributed by atoms with Crippen molar-refractivity contribution in [3.63, 3.8) is 0 Å². The molecule has 3 N–H and O–H groups in total. The van der Waals surface area contributed by atoms with E-state index in [9.17, 15) is 4.79 Å². The van der Waals surface area contributed by atoms with E-state index in [1.165, 1.54) is 12.8 Å². The first-order chi connectivity index (χ1) is 9.97. The molecule has 1 aromatic carbocycles. The molecule has 1 heterocycles. The summed E-state index contributed by atoms with van der Waals surface area (Å²) in [7, 11) is 0. The van der Waals surface area contributed by atoms with E-state index in [1.54, 1.807) is 6.07 Å². The number of anilines is 1. The topological polar surface area (TPSA) is 58.4 Å². The standard InChI is InChI=1S/C16H24ClN3O/c1-11(2)19-9-12-4-3-7-20(10-12)13-5-6-14(16(18)21)15(17)8-13/h5-6,8,11-12,19H,3-4,7,9-10H2,1-2H3,(H2,18,21). The van der Waals surface area contributed by atoms with Gasteiger partial charge in [-0.15, -0.1) is 0 Å². The highest BCUT2D eigenvalue weighted by Crippen LogP contribution is 2.27. The number of primary amides is 1. The number of piperidine rings is 1. The smallest absolute Gasteiger partial charge is 0.250 e. The predicted octanol–water partition coefficient (Wildman–Crippen LogP) is 2.65. The van der Waals surface area contributed by atoms with E-state index in [0.717, 1.165) is 25.3 Å². The lowest BCUT2D eigenvalue weighted by atomic mass is 9.97. The number of nitrogens with one attached hydrogen (secondary N) is 1. The summed E-state index contributed by atoms with van der Waals surface area (Å²) >= 11 is 6.14. The van der Waals surface area contributed by atoms with Gasteiger partial charge in [0.05, 0.1) is 10.6 Å². The van der Waals surface area contributed by atoms with Crippen LogP contribution in [0.15, 0.2) is 18.2 Å². The molecule has 0 spiro atoms. The van der Waals surface area contributed by atoms with Crippen molar-refractivity contribution in [2.45, 2.75) is 32.7 Å². The summed E-state index contributed by atoms with van der Waals surface area (Å²) in [6, 6.07) is 6.02. The summed E-state index contributed by atoms with van der Waals surface area (Å²) in [6.07, 6.45) is 2.43. The Morgan fingerprint density at radius 2 is 2.29 bits per heavy atom. The molecule has 0 saturated carbocycles. The van der Waals surface area contributed by atoms with Gasteiger partial charge < -0.3 is 16.0 Å². The molecule has 1 atom stereocenters. The maximum absolute atomic E-state index is 11.2. The highest BCUT2D eigenvalue weighted by atomic mass is 35.5. The summed E-state index contributed by atoms with van der Waals surface area (Å²) < 4.78 is 0. The van der Waals surface area contributed by atoms with Gasteiger partial charge in [0.25, 0.3) is 0 Å². The molecular formula is C16H24ClN3O. The molecule has 1 saturated heterocycles. The molecule has 21 heavy (non-hydrogen) atoms. The van der Waals surface area contributed by atoms with Crippen LogP contribution in [0, 0.1) is 5.92 Å². The van der Waals surface area contributed by atoms with E-state index in [0.29, 0.717) is 22.5 Å².